The number of carbonyl (C=O) groups is 2. The molecule has 1 fully saturated rings. The zero-order valence-corrected chi connectivity index (χ0v) is 11.6. The lowest BCUT2D eigenvalue weighted by molar-refractivity contribution is -0.149. The molecule has 0 N–H and O–H groups in total. The van der Waals surface area contributed by atoms with Crippen molar-refractivity contribution in [3.05, 3.63) is 12.2 Å². The molecule has 4 atom stereocenters. The minimum Gasteiger partial charge on any atom is -0.465 e. The van der Waals surface area contributed by atoms with Gasteiger partial charge in [0.1, 0.15) is 0 Å². The van der Waals surface area contributed by atoms with Crippen LogP contribution in [0, 0.1) is 23.7 Å². The van der Waals surface area contributed by atoms with Gasteiger partial charge in [0.2, 0.25) is 0 Å². The Bertz CT molecular complexity index is 340. The molecule has 0 aromatic heterocycles. The van der Waals surface area contributed by atoms with Gasteiger partial charge >= 0.3 is 11.9 Å². The fourth-order valence-corrected chi connectivity index (χ4v) is 3.10. The lowest BCUT2D eigenvalue weighted by Crippen LogP contribution is -2.29. The number of ether oxygens (including phenoxy) is 2. The molecule has 0 spiro atoms. The van der Waals surface area contributed by atoms with Crippen LogP contribution < -0.4 is 0 Å². The second kappa shape index (κ2) is 6.22. The third-order valence-electron chi connectivity index (χ3n) is 4.25. The van der Waals surface area contributed by atoms with Gasteiger partial charge in [-0.2, -0.15) is 0 Å². The Labute approximate surface area is 114 Å². The first kappa shape index (κ1) is 14.1. The zero-order valence-electron chi connectivity index (χ0n) is 11.6. The monoisotopic (exact) mass is 266 g/mol. The Morgan fingerprint density at radius 1 is 0.947 bits per heavy atom. The Morgan fingerprint density at radius 2 is 1.37 bits per heavy atom. The first-order valence-corrected chi connectivity index (χ1v) is 7.15. The summed E-state index contributed by atoms with van der Waals surface area (Å²) in [6.45, 7) is 4.49. The molecule has 0 aromatic rings. The molecule has 0 radical (unpaired) electrons. The number of esters is 2. The van der Waals surface area contributed by atoms with Gasteiger partial charge in [0, 0.05) is 24.7 Å². The van der Waals surface area contributed by atoms with Crippen LogP contribution in [0.2, 0.25) is 0 Å². The van der Waals surface area contributed by atoms with Crippen molar-refractivity contribution in [3.8, 4) is 0 Å². The average molecular weight is 266 g/mol. The van der Waals surface area contributed by atoms with E-state index in [1.807, 2.05) is 0 Å². The fraction of sp³-hybridized carbons (Fsp3) is 0.733. The largest absolute Gasteiger partial charge is 0.465 e. The molecule has 0 aliphatic heterocycles. The van der Waals surface area contributed by atoms with Crippen molar-refractivity contribution in [2.24, 2.45) is 23.7 Å². The molecule has 2 bridgehead atoms. The van der Waals surface area contributed by atoms with E-state index in [-0.39, 0.29) is 11.9 Å². The minimum absolute atomic E-state index is 0.156. The van der Waals surface area contributed by atoms with E-state index >= 15 is 0 Å². The standard InChI is InChI=1S/C15H22O4/c1-3-14(16)18-8-12-10-5-6-11(7-10)13(12)9-19-15(17)4-2/h5-6,10-13H,3-4,7-9H2,1-2H3/t10-,11+,12+,13-. The Kier molecular flexibility index (Phi) is 4.61. The topological polar surface area (TPSA) is 52.6 Å². The van der Waals surface area contributed by atoms with Crippen molar-refractivity contribution in [2.75, 3.05) is 13.2 Å². The van der Waals surface area contributed by atoms with Gasteiger partial charge in [-0.25, -0.2) is 0 Å². The van der Waals surface area contributed by atoms with Gasteiger partial charge in [0.15, 0.2) is 0 Å². The second-order valence-electron chi connectivity index (χ2n) is 5.35. The molecule has 0 saturated heterocycles. The predicted molar refractivity (Wildman–Crippen MR) is 70.2 cm³/mol. The highest BCUT2D eigenvalue weighted by Crippen LogP contribution is 2.48. The van der Waals surface area contributed by atoms with E-state index in [1.54, 1.807) is 13.8 Å². The lowest BCUT2D eigenvalue weighted by atomic mass is 9.84. The van der Waals surface area contributed by atoms with Crippen LogP contribution in [0.5, 0.6) is 0 Å². The van der Waals surface area contributed by atoms with Gasteiger partial charge < -0.3 is 9.47 Å². The summed E-state index contributed by atoms with van der Waals surface area (Å²) in [5.41, 5.74) is 0. The third kappa shape index (κ3) is 3.17. The Hall–Kier alpha value is -1.32. The number of carbonyl (C=O) groups excluding carboxylic acids is 2. The van der Waals surface area contributed by atoms with Crippen LogP contribution in [0.4, 0.5) is 0 Å². The van der Waals surface area contributed by atoms with Crippen LogP contribution in [0.1, 0.15) is 33.1 Å². The van der Waals surface area contributed by atoms with Crippen LogP contribution in [-0.4, -0.2) is 25.2 Å². The third-order valence-corrected chi connectivity index (χ3v) is 4.25. The molecule has 4 heteroatoms. The van der Waals surface area contributed by atoms with E-state index in [0.29, 0.717) is 49.7 Å². The molecule has 1 saturated carbocycles. The molecule has 4 nitrogen and oxygen atoms in total. The fourth-order valence-electron chi connectivity index (χ4n) is 3.10. The van der Waals surface area contributed by atoms with Crippen LogP contribution in [0.25, 0.3) is 0 Å². The number of hydrogen-bond donors (Lipinski definition) is 0. The molecule has 2 aliphatic rings. The number of rotatable bonds is 6. The van der Waals surface area contributed by atoms with E-state index in [9.17, 15) is 9.59 Å². The van der Waals surface area contributed by atoms with Crippen LogP contribution >= 0.6 is 0 Å². The highest BCUT2D eigenvalue weighted by molar-refractivity contribution is 5.69. The summed E-state index contributed by atoms with van der Waals surface area (Å²) in [5.74, 6) is 1.23. The van der Waals surface area contributed by atoms with Crippen molar-refractivity contribution in [1.82, 2.24) is 0 Å². The summed E-state index contributed by atoms with van der Waals surface area (Å²) >= 11 is 0. The number of hydrogen-bond acceptors (Lipinski definition) is 4. The molecule has 0 aromatic carbocycles. The van der Waals surface area contributed by atoms with Crippen molar-refractivity contribution >= 4 is 11.9 Å². The molecule has 2 aliphatic carbocycles. The van der Waals surface area contributed by atoms with Gasteiger partial charge in [-0.05, 0) is 18.3 Å². The molecule has 106 valence electrons. The average Bonchev–Trinajstić information content (AvgIpc) is 3.02. The quantitative estimate of drug-likeness (QED) is 0.547. The highest BCUT2D eigenvalue weighted by Gasteiger charge is 2.45. The maximum absolute atomic E-state index is 11.3. The minimum atomic E-state index is -0.156. The maximum atomic E-state index is 11.3. The molecule has 0 heterocycles. The van der Waals surface area contributed by atoms with Gasteiger partial charge in [-0.15, -0.1) is 0 Å². The second-order valence-corrected chi connectivity index (χ2v) is 5.35. The van der Waals surface area contributed by atoms with E-state index in [1.165, 1.54) is 0 Å². The molecule has 0 unspecified atom stereocenters. The Balaban J connectivity index is 1.89. The van der Waals surface area contributed by atoms with Crippen molar-refractivity contribution in [1.29, 1.82) is 0 Å². The van der Waals surface area contributed by atoms with Crippen molar-refractivity contribution < 1.29 is 19.1 Å². The zero-order chi connectivity index (χ0) is 13.8. The summed E-state index contributed by atoms with van der Waals surface area (Å²) in [6.07, 6.45) is 6.35. The van der Waals surface area contributed by atoms with Gasteiger partial charge in [-0.3, -0.25) is 9.59 Å². The SMILES string of the molecule is CCC(=O)OC[C@@H]1[C@H](COC(=O)CC)[C@H]2C=C[C@@H]1C2. The van der Waals surface area contributed by atoms with E-state index < -0.39 is 0 Å². The molecule has 0 amide bonds. The van der Waals surface area contributed by atoms with E-state index in [0.717, 1.165) is 6.42 Å². The van der Waals surface area contributed by atoms with Crippen LogP contribution in [0.15, 0.2) is 12.2 Å². The maximum Gasteiger partial charge on any atom is 0.305 e. The molecule has 19 heavy (non-hydrogen) atoms. The predicted octanol–water partition coefficient (Wildman–Crippen LogP) is 2.33. The Morgan fingerprint density at radius 3 is 1.74 bits per heavy atom. The summed E-state index contributed by atoms with van der Waals surface area (Å²) < 4.78 is 10.6. The van der Waals surface area contributed by atoms with Gasteiger partial charge in [-0.1, -0.05) is 26.0 Å². The lowest BCUT2D eigenvalue weighted by Gasteiger charge is -2.27. The van der Waals surface area contributed by atoms with E-state index in [2.05, 4.69) is 12.2 Å². The smallest absolute Gasteiger partial charge is 0.305 e. The summed E-state index contributed by atoms with van der Waals surface area (Å²) in [6, 6.07) is 0. The van der Waals surface area contributed by atoms with Crippen molar-refractivity contribution in [3.63, 3.8) is 0 Å². The summed E-state index contributed by atoms with van der Waals surface area (Å²) in [7, 11) is 0. The normalized spacial score (nSPS) is 31.5. The first-order chi connectivity index (χ1) is 9.15. The van der Waals surface area contributed by atoms with Gasteiger partial charge in [0.25, 0.3) is 0 Å². The number of fused-ring (bicyclic) bond motifs is 2. The van der Waals surface area contributed by atoms with E-state index in [4.69, 9.17) is 9.47 Å². The summed E-state index contributed by atoms with van der Waals surface area (Å²) in [4.78, 5) is 22.5. The molecular weight excluding hydrogens is 244 g/mol. The van der Waals surface area contributed by atoms with Gasteiger partial charge in [0.05, 0.1) is 13.2 Å². The van der Waals surface area contributed by atoms with Crippen LogP contribution in [-0.2, 0) is 19.1 Å². The number of allylic oxidation sites excluding steroid dienone is 2. The molecule has 2 rings (SSSR count). The summed E-state index contributed by atoms with van der Waals surface area (Å²) in [5, 5.41) is 0. The van der Waals surface area contributed by atoms with Crippen molar-refractivity contribution in [2.45, 2.75) is 33.1 Å². The molecular formula is C15H22O4. The van der Waals surface area contributed by atoms with Crippen LogP contribution in [0.3, 0.4) is 0 Å². The first-order valence-electron chi connectivity index (χ1n) is 7.15. The highest BCUT2D eigenvalue weighted by atomic mass is 16.5.